The normalized spacial score (nSPS) is 20.3. The SMILES string of the molecule is CC(C)CCN1CNC(c2ccccc2)C1=O. The largest absolute Gasteiger partial charge is 0.328 e. The van der Waals surface area contributed by atoms with Crippen LogP contribution in [0.3, 0.4) is 0 Å². The first-order valence-electron chi connectivity index (χ1n) is 6.25. The third kappa shape index (κ3) is 2.86. The van der Waals surface area contributed by atoms with Gasteiger partial charge in [-0.3, -0.25) is 10.1 Å². The van der Waals surface area contributed by atoms with Crippen molar-refractivity contribution in [2.24, 2.45) is 5.92 Å². The van der Waals surface area contributed by atoms with Crippen molar-refractivity contribution in [1.29, 1.82) is 0 Å². The van der Waals surface area contributed by atoms with Gasteiger partial charge in [-0.05, 0) is 17.9 Å². The average molecular weight is 232 g/mol. The van der Waals surface area contributed by atoms with Crippen molar-refractivity contribution in [3.05, 3.63) is 35.9 Å². The van der Waals surface area contributed by atoms with Crippen LogP contribution in [0.5, 0.6) is 0 Å². The Morgan fingerprint density at radius 2 is 2.06 bits per heavy atom. The van der Waals surface area contributed by atoms with E-state index in [0.717, 1.165) is 18.5 Å². The standard InChI is InChI=1S/C14H20N2O/c1-11(2)8-9-16-10-15-13(14(16)17)12-6-4-3-5-7-12/h3-7,11,13,15H,8-10H2,1-2H3. The van der Waals surface area contributed by atoms with E-state index < -0.39 is 0 Å². The summed E-state index contributed by atoms with van der Waals surface area (Å²) >= 11 is 0. The van der Waals surface area contributed by atoms with E-state index in [9.17, 15) is 4.79 Å². The van der Waals surface area contributed by atoms with Crippen LogP contribution >= 0.6 is 0 Å². The zero-order chi connectivity index (χ0) is 12.3. The fraction of sp³-hybridized carbons (Fsp3) is 0.500. The Kier molecular flexibility index (Phi) is 3.79. The Bertz CT molecular complexity index is 375. The maximum absolute atomic E-state index is 12.2. The van der Waals surface area contributed by atoms with Gasteiger partial charge in [0, 0.05) is 6.54 Å². The number of carbonyl (C=O) groups excluding carboxylic acids is 1. The molecule has 1 aromatic carbocycles. The molecule has 1 amide bonds. The molecule has 0 spiro atoms. The third-order valence-electron chi connectivity index (χ3n) is 3.15. The molecule has 17 heavy (non-hydrogen) atoms. The minimum atomic E-state index is -0.150. The van der Waals surface area contributed by atoms with Gasteiger partial charge in [0.2, 0.25) is 5.91 Å². The van der Waals surface area contributed by atoms with Crippen LogP contribution in [0.2, 0.25) is 0 Å². The lowest BCUT2D eigenvalue weighted by Gasteiger charge is -2.16. The van der Waals surface area contributed by atoms with Gasteiger partial charge >= 0.3 is 0 Å². The van der Waals surface area contributed by atoms with Crippen molar-refractivity contribution in [2.75, 3.05) is 13.2 Å². The average Bonchev–Trinajstić information content (AvgIpc) is 2.69. The zero-order valence-electron chi connectivity index (χ0n) is 10.5. The lowest BCUT2D eigenvalue weighted by atomic mass is 10.1. The molecule has 0 aromatic heterocycles. The molecule has 2 rings (SSSR count). The van der Waals surface area contributed by atoms with E-state index in [2.05, 4.69) is 19.2 Å². The molecule has 1 saturated heterocycles. The van der Waals surface area contributed by atoms with Crippen LogP contribution in [0.1, 0.15) is 31.9 Å². The van der Waals surface area contributed by atoms with Gasteiger partial charge in [-0.1, -0.05) is 44.2 Å². The number of hydrogen-bond donors (Lipinski definition) is 1. The van der Waals surface area contributed by atoms with E-state index in [4.69, 9.17) is 0 Å². The predicted octanol–water partition coefficient (Wildman–Crippen LogP) is 2.16. The van der Waals surface area contributed by atoms with Crippen LogP contribution < -0.4 is 5.32 Å². The quantitative estimate of drug-likeness (QED) is 0.862. The Morgan fingerprint density at radius 1 is 1.35 bits per heavy atom. The summed E-state index contributed by atoms with van der Waals surface area (Å²) in [5.74, 6) is 0.843. The molecule has 0 bridgehead atoms. The van der Waals surface area contributed by atoms with Gasteiger partial charge < -0.3 is 4.90 Å². The summed E-state index contributed by atoms with van der Waals surface area (Å²) < 4.78 is 0. The number of carbonyl (C=O) groups is 1. The smallest absolute Gasteiger partial charge is 0.245 e. The van der Waals surface area contributed by atoms with Crippen molar-refractivity contribution in [3.63, 3.8) is 0 Å². The van der Waals surface area contributed by atoms with E-state index in [0.29, 0.717) is 12.6 Å². The second-order valence-electron chi connectivity index (χ2n) is 4.99. The molecule has 1 atom stereocenters. The van der Waals surface area contributed by atoms with E-state index in [1.165, 1.54) is 0 Å². The minimum absolute atomic E-state index is 0.150. The molecule has 1 heterocycles. The number of benzene rings is 1. The van der Waals surface area contributed by atoms with E-state index in [1.54, 1.807) is 0 Å². The van der Waals surface area contributed by atoms with Gasteiger partial charge in [-0.2, -0.15) is 0 Å². The number of nitrogens with one attached hydrogen (secondary N) is 1. The molecule has 1 N–H and O–H groups in total. The van der Waals surface area contributed by atoms with Gasteiger partial charge in [0.15, 0.2) is 0 Å². The highest BCUT2D eigenvalue weighted by Gasteiger charge is 2.31. The van der Waals surface area contributed by atoms with Crippen molar-refractivity contribution in [3.8, 4) is 0 Å². The molecule has 1 fully saturated rings. The molecule has 1 aliphatic heterocycles. The van der Waals surface area contributed by atoms with E-state index >= 15 is 0 Å². The molecule has 1 aliphatic rings. The van der Waals surface area contributed by atoms with Gasteiger partial charge in [0.25, 0.3) is 0 Å². The van der Waals surface area contributed by atoms with E-state index in [-0.39, 0.29) is 11.9 Å². The van der Waals surface area contributed by atoms with Crippen molar-refractivity contribution in [1.82, 2.24) is 10.2 Å². The third-order valence-corrected chi connectivity index (χ3v) is 3.15. The number of nitrogens with zero attached hydrogens (tertiary/aromatic N) is 1. The molecule has 0 radical (unpaired) electrons. The van der Waals surface area contributed by atoms with E-state index in [1.807, 2.05) is 35.2 Å². The lowest BCUT2D eigenvalue weighted by molar-refractivity contribution is -0.129. The maximum Gasteiger partial charge on any atom is 0.245 e. The summed E-state index contributed by atoms with van der Waals surface area (Å²) in [5, 5.41) is 3.27. The van der Waals surface area contributed by atoms with Crippen LogP contribution in [-0.2, 0) is 4.79 Å². The molecule has 1 unspecified atom stereocenters. The Labute approximate surface area is 103 Å². The summed E-state index contributed by atoms with van der Waals surface area (Å²) in [4.78, 5) is 14.1. The second-order valence-corrected chi connectivity index (χ2v) is 4.99. The van der Waals surface area contributed by atoms with Crippen LogP contribution in [0.4, 0.5) is 0 Å². The van der Waals surface area contributed by atoms with Crippen molar-refractivity contribution < 1.29 is 4.79 Å². The molecule has 3 nitrogen and oxygen atoms in total. The summed E-state index contributed by atoms with van der Waals surface area (Å²) in [6.07, 6.45) is 1.06. The first kappa shape index (κ1) is 12.1. The first-order chi connectivity index (χ1) is 8.18. The van der Waals surface area contributed by atoms with Crippen LogP contribution in [0, 0.1) is 5.92 Å². The number of amides is 1. The Balaban J connectivity index is 1.98. The topological polar surface area (TPSA) is 32.3 Å². The highest BCUT2D eigenvalue weighted by Crippen LogP contribution is 2.20. The fourth-order valence-corrected chi connectivity index (χ4v) is 2.06. The van der Waals surface area contributed by atoms with Gasteiger partial charge in [0.1, 0.15) is 6.04 Å². The predicted molar refractivity (Wildman–Crippen MR) is 68.4 cm³/mol. The van der Waals surface area contributed by atoms with Crippen molar-refractivity contribution >= 4 is 5.91 Å². The molecule has 0 saturated carbocycles. The number of hydrogen-bond acceptors (Lipinski definition) is 2. The molecular formula is C14H20N2O. The van der Waals surface area contributed by atoms with Crippen LogP contribution in [0.15, 0.2) is 30.3 Å². The first-order valence-corrected chi connectivity index (χ1v) is 6.25. The maximum atomic E-state index is 12.2. The fourth-order valence-electron chi connectivity index (χ4n) is 2.06. The monoisotopic (exact) mass is 232 g/mol. The Morgan fingerprint density at radius 3 is 2.71 bits per heavy atom. The van der Waals surface area contributed by atoms with Gasteiger partial charge in [0.05, 0.1) is 6.67 Å². The minimum Gasteiger partial charge on any atom is -0.328 e. The van der Waals surface area contributed by atoms with Crippen LogP contribution in [0.25, 0.3) is 0 Å². The second kappa shape index (κ2) is 5.32. The Hall–Kier alpha value is -1.35. The summed E-state index contributed by atoms with van der Waals surface area (Å²) in [5.41, 5.74) is 1.06. The van der Waals surface area contributed by atoms with Gasteiger partial charge in [-0.15, -0.1) is 0 Å². The molecule has 1 aromatic rings. The molecule has 92 valence electrons. The molecule has 3 heteroatoms. The van der Waals surface area contributed by atoms with Gasteiger partial charge in [-0.25, -0.2) is 0 Å². The highest BCUT2D eigenvalue weighted by molar-refractivity contribution is 5.85. The lowest BCUT2D eigenvalue weighted by Crippen LogP contribution is -2.28. The number of rotatable bonds is 4. The summed E-state index contributed by atoms with van der Waals surface area (Å²) in [7, 11) is 0. The van der Waals surface area contributed by atoms with Crippen molar-refractivity contribution in [2.45, 2.75) is 26.3 Å². The van der Waals surface area contributed by atoms with Crippen LogP contribution in [-0.4, -0.2) is 24.0 Å². The summed E-state index contributed by atoms with van der Waals surface area (Å²) in [6, 6.07) is 9.77. The summed E-state index contributed by atoms with van der Waals surface area (Å²) in [6.45, 7) is 5.89. The molecule has 0 aliphatic carbocycles. The molecular weight excluding hydrogens is 212 g/mol. The highest BCUT2D eigenvalue weighted by atomic mass is 16.2. The zero-order valence-corrected chi connectivity index (χ0v) is 10.5.